The summed E-state index contributed by atoms with van der Waals surface area (Å²) in [6, 6.07) is 2.14. The van der Waals surface area contributed by atoms with Gasteiger partial charge in [-0.2, -0.15) is 5.26 Å². The molecule has 2 saturated carbocycles. The molecule has 106 valence electrons. The van der Waals surface area contributed by atoms with Crippen molar-refractivity contribution in [2.45, 2.75) is 39.0 Å². The molecular weight excluding hydrogens is 270 g/mol. The third-order valence-electron chi connectivity index (χ3n) is 4.56. The molecule has 0 radical (unpaired) electrons. The first-order valence-corrected chi connectivity index (χ1v) is 8.02. The van der Waals surface area contributed by atoms with E-state index in [1.54, 1.807) is 0 Å². The van der Waals surface area contributed by atoms with Crippen LogP contribution in [-0.2, 0) is 0 Å². The first kappa shape index (κ1) is 13.4. The van der Waals surface area contributed by atoms with Gasteiger partial charge in [0.05, 0.1) is 10.6 Å². The average molecular weight is 289 g/mol. The number of anilines is 2. The van der Waals surface area contributed by atoms with E-state index >= 15 is 0 Å². The molecule has 0 amide bonds. The summed E-state index contributed by atoms with van der Waals surface area (Å²) in [5.41, 5.74) is 7.21. The summed E-state index contributed by atoms with van der Waals surface area (Å²) >= 11 is 1.36. The number of thiophene rings is 1. The summed E-state index contributed by atoms with van der Waals surface area (Å²) < 4.78 is 0. The van der Waals surface area contributed by atoms with Crippen LogP contribution in [0.4, 0.5) is 10.7 Å². The number of ketones is 1. The summed E-state index contributed by atoms with van der Waals surface area (Å²) in [5, 5.41) is 13.4. The van der Waals surface area contributed by atoms with Crippen molar-refractivity contribution in [3.05, 3.63) is 10.4 Å². The molecule has 3 N–H and O–H groups in total. The lowest BCUT2D eigenvalue weighted by Crippen LogP contribution is -2.14. The second-order valence-electron chi connectivity index (χ2n) is 6.01. The van der Waals surface area contributed by atoms with Crippen molar-refractivity contribution in [1.29, 1.82) is 5.26 Å². The van der Waals surface area contributed by atoms with Crippen molar-refractivity contribution in [2.24, 2.45) is 11.3 Å². The number of nitrogen functional groups attached to an aromatic ring is 1. The number of carbonyl (C=O) groups excluding carboxylic acids is 1. The Kier molecular flexibility index (Phi) is 3.21. The minimum absolute atomic E-state index is 0.119. The molecule has 0 saturated heterocycles. The number of hydrogen-bond acceptors (Lipinski definition) is 5. The van der Waals surface area contributed by atoms with Crippen LogP contribution in [0.25, 0.3) is 0 Å². The minimum atomic E-state index is 0.119. The molecule has 2 aliphatic carbocycles. The maximum atomic E-state index is 12.2. The highest BCUT2D eigenvalue weighted by Crippen LogP contribution is 2.49. The van der Waals surface area contributed by atoms with Gasteiger partial charge in [0.2, 0.25) is 0 Å². The van der Waals surface area contributed by atoms with Crippen LogP contribution < -0.4 is 11.1 Å². The van der Waals surface area contributed by atoms with Crippen LogP contribution in [0, 0.1) is 22.7 Å². The largest absolute Gasteiger partial charge is 0.396 e. The Morgan fingerprint density at radius 1 is 1.55 bits per heavy atom. The van der Waals surface area contributed by atoms with Gasteiger partial charge in [0.25, 0.3) is 0 Å². The van der Waals surface area contributed by atoms with Crippen molar-refractivity contribution in [3.63, 3.8) is 0 Å². The van der Waals surface area contributed by atoms with Gasteiger partial charge >= 0.3 is 0 Å². The summed E-state index contributed by atoms with van der Waals surface area (Å²) in [4.78, 5) is 12.7. The molecule has 3 rings (SSSR count). The lowest BCUT2D eigenvalue weighted by atomic mass is 10.0. The lowest BCUT2D eigenvalue weighted by molar-refractivity contribution is 0.0972. The third-order valence-corrected chi connectivity index (χ3v) is 5.74. The molecular formula is C15H19N3OS. The van der Waals surface area contributed by atoms with Crippen molar-refractivity contribution < 1.29 is 4.79 Å². The highest BCUT2D eigenvalue weighted by atomic mass is 32.1. The van der Waals surface area contributed by atoms with Gasteiger partial charge in [-0.25, -0.2) is 0 Å². The Morgan fingerprint density at radius 3 is 2.75 bits per heavy atom. The third kappa shape index (κ3) is 2.29. The van der Waals surface area contributed by atoms with Crippen molar-refractivity contribution >= 4 is 27.8 Å². The predicted molar refractivity (Wildman–Crippen MR) is 80.9 cm³/mol. The van der Waals surface area contributed by atoms with E-state index in [0.29, 0.717) is 21.5 Å². The molecule has 1 aromatic rings. The van der Waals surface area contributed by atoms with Crippen LogP contribution in [0.3, 0.4) is 0 Å². The van der Waals surface area contributed by atoms with Crippen molar-refractivity contribution in [3.8, 4) is 6.07 Å². The van der Waals surface area contributed by atoms with Crippen LogP contribution in [0.1, 0.15) is 54.3 Å². The van der Waals surface area contributed by atoms with Gasteiger partial charge in [-0.05, 0) is 37.5 Å². The molecule has 0 atom stereocenters. The Labute approximate surface area is 123 Å². The van der Waals surface area contributed by atoms with Gasteiger partial charge in [0.1, 0.15) is 16.6 Å². The van der Waals surface area contributed by atoms with E-state index in [9.17, 15) is 10.1 Å². The van der Waals surface area contributed by atoms with Gasteiger partial charge in [-0.1, -0.05) is 6.92 Å². The van der Waals surface area contributed by atoms with E-state index in [2.05, 4.69) is 18.3 Å². The zero-order valence-electron chi connectivity index (χ0n) is 11.7. The van der Waals surface area contributed by atoms with E-state index in [1.165, 1.54) is 24.2 Å². The fourth-order valence-corrected chi connectivity index (χ4v) is 3.58. The van der Waals surface area contributed by atoms with Crippen LogP contribution in [-0.4, -0.2) is 12.3 Å². The number of Topliss-reactive ketones (excluding diaryl/α,β-unsaturated/α-hetero) is 1. The summed E-state index contributed by atoms with van der Waals surface area (Å²) in [6.45, 7) is 3.07. The molecule has 4 nitrogen and oxygen atoms in total. The van der Waals surface area contributed by atoms with E-state index < -0.39 is 0 Å². The van der Waals surface area contributed by atoms with E-state index in [1.807, 2.05) is 0 Å². The molecule has 20 heavy (non-hydrogen) atoms. The predicted octanol–water partition coefficient (Wildman–Crippen LogP) is 3.40. The number of nitrogens with one attached hydrogen (secondary N) is 1. The van der Waals surface area contributed by atoms with Gasteiger partial charge in [0.15, 0.2) is 5.78 Å². The first-order valence-electron chi connectivity index (χ1n) is 7.20. The molecule has 0 unspecified atom stereocenters. The molecule has 0 aliphatic heterocycles. The Morgan fingerprint density at radius 2 is 2.25 bits per heavy atom. The van der Waals surface area contributed by atoms with Crippen LogP contribution in [0.2, 0.25) is 0 Å². The summed E-state index contributed by atoms with van der Waals surface area (Å²) in [6.07, 6.45) is 5.55. The average Bonchev–Trinajstić information content (AvgIpc) is 3.35. The normalized spacial score (nSPS) is 19.4. The first-order chi connectivity index (χ1) is 9.60. The Hall–Kier alpha value is -1.54. The number of hydrogen-bond donors (Lipinski definition) is 2. The number of rotatable bonds is 6. The second kappa shape index (κ2) is 4.78. The monoisotopic (exact) mass is 289 g/mol. The van der Waals surface area contributed by atoms with Gasteiger partial charge < -0.3 is 11.1 Å². The van der Waals surface area contributed by atoms with Crippen LogP contribution >= 0.6 is 11.3 Å². The molecule has 0 aromatic carbocycles. The Balaban J connectivity index is 1.81. The molecule has 1 heterocycles. The molecule has 2 aliphatic rings. The summed E-state index contributed by atoms with van der Waals surface area (Å²) in [7, 11) is 0. The van der Waals surface area contributed by atoms with Crippen molar-refractivity contribution in [1.82, 2.24) is 0 Å². The molecule has 0 bridgehead atoms. The SMILES string of the molecule is CCC1(CNc2sc(C(=O)C3CC3)c(N)c2C#N)CC1. The Bertz CT molecular complexity index is 591. The maximum absolute atomic E-state index is 12.2. The van der Waals surface area contributed by atoms with Crippen molar-refractivity contribution in [2.75, 3.05) is 17.6 Å². The quantitative estimate of drug-likeness (QED) is 0.787. The molecule has 5 heteroatoms. The minimum Gasteiger partial charge on any atom is -0.396 e. The number of carbonyl (C=O) groups is 1. The van der Waals surface area contributed by atoms with Gasteiger partial charge in [0, 0.05) is 12.5 Å². The molecule has 1 aromatic heterocycles. The van der Waals surface area contributed by atoms with Gasteiger partial charge in [-0.15, -0.1) is 11.3 Å². The zero-order valence-corrected chi connectivity index (χ0v) is 12.5. The van der Waals surface area contributed by atoms with E-state index in [4.69, 9.17) is 5.73 Å². The number of nitriles is 1. The highest BCUT2D eigenvalue weighted by Gasteiger charge is 2.41. The van der Waals surface area contributed by atoms with Crippen LogP contribution in [0.15, 0.2) is 0 Å². The summed E-state index contributed by atoms with van der Waals surface area (Å²) in [5.74, 6) is 0.259. The molecule has 2 fully saturated rings. The topological polar surface area (TPSA) is 78.9 Å². The fraction of sp³-hybridized carbons (Fsp3) is 0.600. The standard InChI is InChI=1S/C15H19N3OS/c1-2-15(5-6-15)8-18-14-10(7-16)11(17)13(20-14)12(19)9-3-4-9/h9,18H,2-6,8,17H2,1H3. The molecule has 0 spiro atoms. The number of nitrogens with two attached hydrogens (primary N) is 1. The number of nitrogens with zero attached hydrogens (tertiary/aromatic N) is 1. The van der Waals surface area contributed by atoms with E-state index in [0.717, 1.165) is 30.8 Å². The lowest BCUT2D eigenvalue weighted by Gasteiger charge is -2.13. The van der Waals surface area contributed by atoms with Gasteiger partial charge in [-0.3, -0.25) is 4.79 Å². The maximum Gasteiger partial charge on any atom is 0.178 e. The smallest absolute Gasteiger partial charge is 0.178 e. The fourth-order valence-electron chi connectivity index (χ4n) is 2.49. The zero-order chi connectivity index (χ0) is 14.3. The van der Waals surface area contributed by atoms with E-state index in [-0.39, 0.29) is 11.7 Å². The highest BCUT2D eigenvalue weighted by molar-refractivity contribution is 7.19. The van der Waals surface area contributed by atoms with Crippen LogP contribution in [0.5, 0.6) is 0 Å². The second-order valence-corrected chi connectivity index (χ2v) is 7.03.